The minimum atomic E-state index is -0.440. The number of nitrogens with zero attached hydrogens (tertiary/aromatic N) is 2. The standard InChI is InChI=1S/C16H28N4O2/c1-16(2,3)22-15(21)19-9-5-8-18-13-6-4-7-14(13)20-11-10-17-12-20/h10-14,18H,4-9H2,1-3H3,(H,19,21). The van der Waals surface area contributed by atoms with Crippen LogP contribution in [-0.4, -0.2) is 40.4 Å². The van der Waals surface area contributed by atoms with Crippen molar-refractivity contribution in [2.75, 3.05) is 13.1 Å². The Hall–Kier alpha value is -1.56. The Labute approximate surface area is 132 Å². The molecule has 1 aromatic heterocycles. The summed E-state index contributed by atoms with van der Waals surface area (Å²) in [4.78, 5) is 15.7. The van der Waals surface area contributed by atoms with Gasteiger partial charge in [0.2, 0.25) is 0 Å². The second-order valence-corrected chi connectivity index (χ2v) is 6.85. The Kier molecular flexibility index (Phi) is 5.83. The highest BCUT2D eigenvalue weighted by Crippen LogP contribution is 2.29. The molecule has 22 heavy (non-hydrogen) atoms. The summed E-state index contributed by atoms with van der Waals surface area (Å²) < 4.78 is 7.40. The first-order chi connectivity index (χ1) is 10.5. The molecule has 0 spiro atoms. The van der Waals surface area contributed by atoms with Crippen molar-refractivity contribution in [1.29, 1.82) is 0 Å². The predicted molar refractivity (Wildman–Crippen MR) is 85.8 cm³/mol. The SMILES string of the molecule is CC(C)(C)OC(=O)NCCCNC1CCCC1n1ccnc1. The monoisotopic (exact) mass is 308 g/mol. The van der Waals surface area contributed by atoms with Crippen LogP contribution in [0.4, 0.5) is 4.79 Å². The van der Waals surface area contributed by atoms with E-state index in [0.717, 1.165) is 13.0 Å². The molecular weight excluding hydrogens is 280 g/mol. The normalized spacial score (nSPS) is 21.8. The zero-order valence-corrected chi connectivity index (χ0v) is 13.8. The summed E-state index contributed by atoms with van der Waals surface area (Å²) in [5.74, 6) is 0. The van der Waals surface area contributed by atoms with E-state index in [-0.39, 0.29) is 6.09 Å². The molecule has 1 aliphatic carbocycles. The fourth-order valence-electron chi connectivity index (χ4n) is 2.88. The number of ether oxygens (including phenoxy) is 1. The van der Waals surface area contributed by atoms with Gasteiger partial charge in [0.1, 0.15) is 5.60 Å². The number of imidazole rings is 1. The van der Waals surface area contributed by atoms with Crippen LogP contribution >= 0.6 is 0 Å². The topological polar surface area (TPSA) is 68.2 Å². The lowest BCUT2D eigenvalue weighted by molar-refractivity contribution is 0.0527. The molecule has 2 unspecified atom stereocenters. The van der Waals surface area contributed by atoms with Crippen molar-refractivity contribution in [3.05, 3.63) is 18.7 Å². The van der Waals surface area contributed by atoms with Crippen molar-refractivity contribution in [1.82, 2.24) is 20.2 Å². The predicted octanol–water partition coefficient (Wildman–Crippen LogP) is 2.48. The maximum atomic E-state index is 11.5. The first-order valence-corrected chi connectivity index (χ1v) is 8.13. The van der Waals surface area contributed by atoms with Gasteiger partial charge in [-0.3, -0.25) is 0 Å². The fourth-order valence-corrected chi connectivity index (χ4v) is 2.88. The van der Waals surface area contributed by atoms with Crippen LogP contribution in [0.25, 0.3) is 0 Å². The van der Waals surface area contributed by atoms with Crippen LogP contribution in [-0.2, 0) is 4.74 Å². The second-order valence-electron chi connectivity index (χ2n) is 6.85. The number of aromatic nitrogens is 2. The lowest BCUT2D eigenvalue weighted by Gasteiger charge is -2.22. The van der Waals surface area contributed by atoms with Crippen molar-refractivity contribution in [2.45, 2.75) is 64.1 Å². The van der Waals surface area contributed by atoms with Crippen molar-refractivity contribution in [3.8, 4) is 0 Å². The summed E-state index contributed by atoms with van der Waals surface area (Å²) in [6.07, 6.45) is 9.96. The molecule has 0 aliphatic heterocycles. The van der Waals surface area contributed by atoms with Crippen LogP contribution in [0.1, 0.15) is 52.5 Å². The Balaban J connectivity index is 1.61. The molecule has 6 heteroatoms. The molecule has 0 radical (unpaired) electrons. The third-order valence-electron chi connectivity index (χ3n) is 3.82. The molecule has 1 saturated carbocycles. The molecule has 6 nitrogen and oxygen atoms in total. The molecule has 2 N–H and O–H groups in total. The van der Waals surface area contributed by atoms with E-state index in [9.17, 15) is 4.79 Å². The van der Waals surface area contributed by atoms with Gasteiger partial charge in [0, 0.05) is 31.0 Å². The van der Waals surface area contributed by atoms with E-state index < -0.39 is 5.60 Å². The fraction of sp³-hybridized carbons (Fsp3) is 0.750. The van der Waals surface area contributed by atoms with E-state index in [1.165, 1.54) is 19.3 Å². The van der Waals surface area contributed by atoms with Crippen LogP contribution < -0.4 is 10.6 Å². The van der Waals surface area contributed by atoms with E-state index in [4.69, 9.17) is 4.74 Å². The van der Waals surface area contributed by atoms with Crippen LogP contribution in [0.2, 0.25) is 0 Å². The van der Waals surface area contributed by atoms with Gasteiger partial charge >= 0.3 is 6.09 Å². The van der Waals surface area contributed by atoms with E-state index in [1.54, 1.807) is 0 Å². The number of hydrogen-bond acceptors (Lipinski definition) is 4. The van der Waals surface area contributed by atoms with Gasteiger partial charge in [-0.2, -0.15) is 0 Å². The first-order valence-electron chi connectivity index (χ1n) is 8.13. The molecule has 124 valence electrons. The van der Waals surface area contributed by atoms with Gasteiger partial charge in [-0.25, -0.2) is 9.78 Å². The summed E-state index contributed by atoms with van der Waals surface area (Å²) >= 11 is 0. The van der Waals surface area contributed by atoms with Gasteiger partial charge in [-0.15, -0.1) is 0 Å². The molecule has 1 aliphatic rings. The lowest BCUT2D eigenvalue weighted by Crippen LogP contribution is -2.37. The Morgan fingerprint density at radius 1 is 1.36 bits per heavy atom. The van der Waals surface area contributed by atoms with Crippen LogP contribution in [0.15, 0.2) is 18.7 Å². The minimum absolute atomic E-state index is 0.343. The van der Waals surface area contributed by atoms with Gasteiger partial charge < -0.3 is 19.9 Å². The van der Waals surface area contributed by atoms with E-state index in [1.807, 2.05) is 39.5 Å². The Bertz CT molecular complexity index is 453. The molecular formula is C16H28N4O2. The highest BCUT2D eigenvalue weighted by molar-refractivity contribution is 5.67. The average molecular weight is 308 g/mol. The quantitative estimate of drug-likeness (QED) is 0.792. The van der Waals surface area contributed by atoms with Crippen molar-refractivity contribution in [3.63, 3.8) is 0 Å². The third-order valence-corrected chi connectivity index (χ3v) is 3.82. The van der Waals surface area contributed by atoms with Crippen LogP contribution in [0, 0.1) is 0 Å². The lowest BCUT2D eigenvalue weighted by atomic mass is 10.1. The third kappa shape index (κ3) is 5.33. The number of amides is 1. The zero-order chi connectivity index (χ0) is 16.0. The number of hydrogen-bond donors (Lipinski definition) is 2. The summed E-state index contributed by atoms with van der Waals surface area (Å²) in [6, 6.07) is 0.997. The minimum Gasteiger partial charge on any atom is -0.444 e. The molecule has 1 fully saturated rings. The number of nitrogens with one attached hydrogen (secondary N) is 2. The second kappa shape index (κ2) is 7.63. The summed E-state index contributed by atoms with van der Waals surface area (Å²) in [7, 11) is 0. The maximum absolute atomic E-state index is 11.5. The molecule has 1 heterocycles. The number of carbonyl (C=O) groups is 1. The first kappa shape index (κ1) is 16.8. The molecule has 2 rings (SSSR count). The molecule has 0 saturated heterocycles. The van der Waals surface area contributed by atoms with Gasteiger partial charge in [0.25, 0.3) is 0 Å². The zero-order valence-electron chi connectivity index (χ0n) is 13.8. The summed E-state index contributed by atoms with van der Waals surface area (Å²) in [5.41, 5.74) is -0.440. The smallest absolute Gasteiger partial charge is 0.407 e. The van der Waals surface area contributed by atoms with E-state index in [0.29, 0.717) is 18.6 Å². The maximum Gasteiger partial charge on any atom is 0.407 e. The van der Waals surface area contributed by atoms with Gasteiger partial charge in [0.15, 0.2) is 0 Å². The Morgan fingerprint density at radius 2 is 2.18 bits per heavy atom. The van der Waals surface area contributed by atoms with Crippen LogP contribution in [0.5, 0.6) is 0 Å². The largest absolute Gasteiger partial charge is 0.444 e. The molecule has 1 amide bonds. The van der Waals surface area contributed by atoms with Gasteiger partial charge in [-0.1, -0.05) is 0 Å². The highest BCUT2D eigenvalue weighted by Gasteiger charge is 2.27. The molecule has 1 aromatic rings. The van der Waals surface area contributed by atoms with Gasteiger partial charge in [0.05, 0.1) is 6.33 Å². The van der Waals surface area contributed by atoms with Crippen molar-refractivity contribution < 1.29 is 9.53 Å². The van der Waals surface area contributed by atoms with E-state index in [2.05, 4.69) is 20.2 Å². The van der Waals surface area contributed by atoms with Gasteiger partial charge in [-0.05, 0) is 53.0 Å². The number of carbonyl (C=O) groups excluding carboxylic acids is 1. The van der Waals surface area contributed by atoms with E-state index >= 15 is 0 Å². The highest BCUT2D eigenvalue weighted by atomic mass is 16.6. The van der Waals surface area contributed by atoms with Crippen molar-refractivity contribution in [2.24, 2.45) is 0 Å². The van der Waals surface area contributed by atoms with Crippen molar-refractivity contribution >= 4 is 6.09 Å². The average Bonchev–Trinajstić information content (AvgIpc) is 3.06. The Morgan fingerprint density at radius 3 is 2.86 bits per heavy atom. The number of rotatable bonds is 6. The molecule has 2 atom stereocenters. The molecule has 0 aromatic carbocycles. The van der Waals surface area contributed by atoms with Crippen LogP contribution in [0.3, 0.4) is 0 Å². The summed E-state index contributed by atoms with van der Waals surface area (Å²) in [6.45, 7) is 7.12. The summed E-state index contributed by atoms with van der Waals surface area (Å²) in [5, 5.41) is 6.39. The molecule has 0 bridgehead atoms. The number of alkyl carbamates (subject to hydrolysis) is 1.